The number of nitrogens with one attached hydrogen (secondary N) is 2. The van der Waals surface area contributed by atoms with Gasteiger partial charge < -0.3 is 37.3 Å². The average molecular weight is 1290 g/mol. The van der Waals surface area contributed by atoms with Crippen LogP contribution < -0.4 is 20.1 Å². The molecule has 0 saturated heterocycles. The van der Waals surface area contributed by atoms with Crippen molar-refractivity contribution in [3.63, 3.8) is 0 Å². The molecule has 18 nitrogen and oxygen atoms in total. The van der Waals surface area contributed by atoms with Gasteiger partial charge in [0.25, 0.3) is 23.6 Å². The van der Waals surface area contributed by atoms with E-state index < -0.39 is 167 Å². The minimum atomic E-state index is -5.10. The van der Waals surface area contributed by atoms with Gasteiger partial charge in [0.05, 0.1) is 24.6 Å². The molecule has 4 atom stereocenters. The molecule has 7 rings (SSSR count). The molecule has 2 N–H and O–H groups in total. The highest BCUT2D eigenvalue weighted by Crippen LogP contribution is 2.50. The van der Waals surface area contributed by atoms with Crippen LogP contribution in [0.25, 0.3) is 23.2 Å². The van der Waals surface area contributed by atoms with Crippen molar-refractivity contribution in [1.82, 2.24) is 30.4 Å². The molecule has 2 amide bonds. The van der Waals surface area contributed by atoms with Crippen LogP contribution in [0.5, 0.6) is 11.8 Å². The fraction of sp³-hybridized carbons (Fsp3) is 0.433. The maximum atomic E-state index is 14.9. The van der Waals surface area contributed by atoms with Crippen molar-refractivity contribution in [2.75, 3.05) is 10.6 Å². The van der Waals surface area contributed by atoms with Crippen molar-refractivity contribution in [2.24, 2.45) is 0 Å². The highest BCUT2D eigenvalue weighted by atomic mass is 19.4. The number of carbonyl (C=O) groups is 2. The maximum absolute atomic E-state index is 14.9. The molecule has 0 aliphatic carbocycles. The third-order valence-corrected chi connectivity index (χ3v) is 12.5. The third-order valence-electron chi connectivity index (χ3n) is 12.5. The lowest BCUT2D eigenvalue weighted by Crippen LogP contribution is -2.45. The highest BCUT2D eigenvalue weighted by Gasteiger charge is 2.62. The van der Waals surface area contributed by atoms with Gasteiger partial charge in [-0.1, -0.05) is 85.0 Å². The summed E-state index contributed by atoms with van der Waals surface area (Å²) in [6.45, 7) is 18.1. The number of hydrogen-bond donors (Lipinski definition) is 2. The molecule has 4 bridgehead atoms. The summed E-state index contributed by atoms with van der Waals surface area (Å²) in [5.41, 5.74) is -12.7. The topological polar surface area (TPSA) is 217 Å². The van der Waals surface area contributed by atoms with E-state index in [9.17, 15) is 62.3 Å². The number of halogens is 12. The number of carbonyl (C=O) groups excluding carboxylic acids is 2. The lowest BCUT2D eigenvalue weighted by atomic mass is 9.95. The van der Waals surface area contributed by atoms with Crippen molar-refractivity contribution in [2.45, 2.75) is 166 Å². The number of aromatic nitrogens is 6. The minimum absolute atomic E-state index is 0.0501. The van der Waals surface area contributed by atoms with E-state index in [1.807, 2.05) is 0 Å². The van der Waals surface area contributed by atoms with Gasteiger partial charge in [-0.15, -0.1) is 33.6 Å². The normalized spacial score (nSPS) is 16.8. The lowest BCUT2D eigenvalue weighted by Gasteiger charge is -2.32. The fourth-order valence-electron chi connectivity index (χ4n) is 8.33. The quantitative estimate of drug-likeness (QED) is 0.0641. The van der Waals surface area contributed by atoms with Crippen LogP contribution >= 0.6 is 0 Å². The van der Waals surface area contributed by atoms with Gasteiger partial charge in [0.1, 0.15) is 34.5 Å². The van der Waals surface area contributed by atoms with E-state index in [0.29, 0.717) is 23.3 Å². The second-order valence-corrected chi connectivity index (χ2v) is 22.2. The van der Waals surface area contributed by atoms with Crippen LogP contribution in [0.1, 0.15) is 128 Å². The van der Waals surface area contributed by atoms with Crippen molar-refractivity contribution in [3.05, 3.63) is 144 Å². The molecule has 5 heterocycles. The first-order chi connectivity index (χ1) is 41.9. The van der Waals surface area contributed by atoms with Crippen LogP contribution in [0.3, 0.4) is 0 Å². The molecule has 4 aromatic heterocycles. The molecule has 0 radical (unpaired) electrons. The van der Waals surface area contributed by atoms with Gasteiger partial charge in [-0.05, 0) is 104 Å². The van der Waals surface area contributed by atoms with Crippen LogP contribution in [0.15, 0.2) is 119 Å². The molecule has 0 fully saturated rings. The Morgan fingerprint density at radius 2 is 1.23 bits per heavy atom. The smallest absolute Gasteiger partial charge is 0.426 e. The van der Waals surface area contributed by atoms with E-state index in [4.69, 9.17) is 37.3 Å². The van der Waals surface area contributed by atoms with Crippen molar-refractivity contribution < 1.29 is 99.5 Å². The number of fused-ring (bicyclic) bond motifs is 5. The first-order valence-corrected chi connectivity index (χ1v) is 27.5. The zero-order chi connectivity index (χ0) is 66.7. The molecular weight excluding hydrogens is 1220 g/mol. The first-order valence-electron chi connectivity index (χ1n) is 27.5. The van der Waals surface area contributed by atoms with E-state index in [1.165, 1.54) is 79.7 Å². The van der Waals surface area contributed by atoms with E-state index in [-0.39, 0.29) is 25.7 Å². The van der Waals surface area contributed by atoms with Gasteiger partial charge in [0, 0.05) is 12.8 Å². The largest absolute Gasteiger partial charge is 0.474 e. The van der Waals surface area contributed by atoms with Crippen LogP contribution in [0.4, 0.5) is 73.6 Å². The Morgan fingerprint density at radius 1 is 0.700 bits per heavy atom. The number of anilines is 2. The zero-order valence-corrected chi connectivity index (χ0v) is 49.8. The summed E-state index contributed by atoms with van der Waals surface area (Å²) < 4.78 is 217. The Hall–Kier alpha value is -8.54. The summed E-state index contributed by atoms with van der Waals surface area (Å²) in [5.74, 6) is -5.36. The summed E-state index contributed by atoms with van der Waals surface area (Å²) >= 11 is 0. The monoisotopic (exact) mass is 1280 g/mol. The lowest BCUT2D eigenvalue weighted by molar-refractivity contribution is -0.299. The first kappa shape index (κ1) is 70.5. The standard InChI is InChI=1S/C31H34F6N4O5.C29H30F6N4O5/c1-7-9-16-29(31(35,36)37,43-18-20-14-11-10-12-15-20)26-41-40-25(45-26)23-22(38-27(42)46-28(4,5)6)17-21(30(32,33)34)24(39-23)44-19(3)13-8-2;1-17-11-7-6-10-14-27(29(33,34)35,41-16-18-12-8-5-9-13-18)24-39-38-23(43-24)21-20(36-25(40)44-26(2,3)4)15-19(28(30,31)32)22(37-21)42-17/h7-8,10-12,14-15,17,19H,1-2,9,13,16,18H2,3-6H3,(H,38,42);5-9,12-13,15,17H,10-11,14,16H2,1-4H3,(H,36,40). The summed E-state index contributed by atoms with van der Waals surface area (Å²) in [7, 11) is 0. The maximum Gasteiger partial charge on any atom is 0.426 e. The molecule has 1 aliphatic heterocycles. The Morgan fingerprint density at radius 3 is 1.76 bits per heavy atom. The Bertz CT molecular complexity index is 3430. The van der Waals surface area contributed by atoms with Crippen LogP contribution in [0, 0.1) is 0 Å². The van der Waals surface area contributed by atoms with Gasteiger partial charge in [-0.2, -0.15) is 52.7 Å². The Balaban J connectivity index is 0.000000287. The number of nitrogens with zero attached hydrogens (tertiary/aromatic N) is 6. The molecular formula is C60H64F12N8O10. The number of hydrogen-bond acceptors (Lipinski definition) is 16. The molecule has 30 heteroatoms. The number of amides is 2. The van der Waals surface area contributed by atoms with E-state index in [2.05, 4.69) is 54.2 Å². The molecule has 488 valence electrons. The summed E-state index contributed by atoms with van der Waals surface area (Å²) in [6, 6.07) is 17.2. The highest BCUT2D eigenvalue weighted by molar-refractivity contribution is 5.90. The molecule has 2 aromatic carbocycles. The van der Waals surface area contributed by atoms with Crippen molar-refractivity contribution >= 4 is 23.6 Å². The van der Waals surface area contributed by atoms with E-state index >= 15 is 0 Å². The molecule has 90 heavy (non-hydrogen) atoms. The summed E-state index contributed by atoms with van der Waals surface area (Å²) in [5, 5.41) is 18.9. The van der Waals surface area contributed by atoms with E-state index in [0.717, 1.165) is 0 Å². The SMILES string of the molecule is C=CCCC(OCc1ccccc1)(c1nnc(-c2nc(OC(C)CC=C)c(C(F)(F)F)cc2NC(=O)OC(C)(C)C)o1)C(F)(F)F.CC1CC=CCCC(OCc2ccccc2)(C(F)(F)F)c2nnc(o2)-c2nc(c(C(F)(F)F)cc2NC(=O)OC(C)(C)C)O1. The predicted octanol–water partition coefficient (Wildman–Crippen LogP) is 16.8. The van der Waals surface area contributed by atoms with Gasteiger partial charge >= 0.3 is 36.9 Å². The third kappa shape index (κ3) is 18.5. The van der Waals surface area contributed by atoms with Gasteiger partial charge in [-0.25, -0.2) is 19.6 Å². The number of alkyl halides is 12. The predicted molar refractivity (Wildman–Crippen MR) is 300 cm³/mol. The summed E-state index contributed by atoms with van der Waals surface area (Å²) in [6.07, 6.45) is -20.2. The van der Waals surface area contributed by atoms with Crippen LogP contribution in [-0.4, -0.2) is 78.3 Å². The Kier molecular flexibility index (Phi) is 22.4. The second-order valence-electron chi connectivity index (χ2n) is 22.2. The van der Waals surface area contributed by atoms with Crippen molar-refractivity contribution in [1.29, 1.82) is 0 Å². The van der Waals surface area contributed by atoms with E-state index in [1.54, 1.807) is 60.7 Å². The summed E-state index contributed by atoms with van der Waals surface area (Å²) in [4.78, 5) is 33.0. The van der Waals surface area contributed by atoms with Gasteiger partial charge in [0.2, 0.25) is 23.0 Å². The number of rotatable bonds is 17. The van der Waals surface area contributed by atoms with Crippen LogP contribution in [0.2, 0.25) is 0 Å². The minimum Gasteiger partial charge on any atom is -0.474 e. The average Bonchev–Trinajstić information content (AvgIpc) is 1.50. The number of pyridine rings is 2. The second kappa shape index (κ2) is 28.5. The Labute approximate surface area is 508 Å². The molecule has 0 saturated carbocycles. The fourth-order valence-corrected chi connectivity index (χ4v) is 8.33. The molecule has 0 spiro atoms. The zero-order valence-electron chi connectivity index (χ0n) is 49.8. The number of benzene rings is 2. The molecule has 4 unspecified atom stereocenters. The number of ether oxygens (including phenoxy) is 6. The molecule has 1 aliphatic rings. The van der Waals surface area contributed by atoms with Crippen molar-refractivity contribution in [3.8, 4) is 34.9 Å². The van der Waals surface area contributed by atoms with Gasteiger partial charge in [0.15, 0.2) is 11.4 Å². The van der Waals surface area contributed by atoms with Gasteiger partial charge in [-0.3, -0.25) is 10.6 Å². The molecule has 6 aromatic rings. The van der Waals surface area contributed by atoms with Crippen LogP contribution in [-0.2, 0) is 55.7 Å². The number of allylic oxidation sites excluding steroid dienone is 2.